The SMILES string of the molecule is Cc1ccc2oc(C(=O)NCC(C)(C)O)cc2c1. The molecule has 0 spiro atoms. The first-order valence-electron chi connectivity index (χ1n) is 5.86. The van der Waals surface area contributed by atoms with Crippen LogP contribution in [0.3, 0.4) is 0 Å². The maximum atomic E-state index is 11.8. The Balaban J connectivity index is 2.18. The lowest BCUT2D eigenvalue weighted by atomic mass is 10.1. The molecule has 0 fully saturated rings. The van der Waals surface area contributed by atoms with E-state index < -0.39 is 5.60 Å². The number of carbonyl (C=O) groups excluding carboxylic acids is 1. The number of aryl methyl sites for hydroxylation is 1. The number of hydrogen-bond donors (Lipinski definition) is 2. The Morgan fingerprint density at radius 3 is 2.78 bits per heavy atom. The highest BCUT2D eigenvalue weighted by molar-refractivity contribution is 5.96. The molecule has 4 nitrogen and oxygen atoms in total. The van der Waals surface area contributed by atoms with Crippen LogP contribution in [-0.2, 0) is 0 Å². The molecule has 1 heterocycles. The van der Waals surface area contributed by atoms with Gasteiger partial charge in [-0.2, -0.15) is 0 Å². The van der Waals surface area contributed by atoms with E-state index in [2.05, 4.69) is 5.32 Å². The predicted molar refractivity (Wildman–Crippen MR) is 69.6 cm³/mol. The summed E-state index contributed by atoms with van der Waals surface area (Å²) in [6.07, 6.45) is 0. The average molecular weight is 247 g/mol. The minimum atomic E-state index is -0.932. The smallest absolute Gasteiger partial charge is 0.287 e. The van der Waals surface area contributed by atoms with Gasteiger partial charge in [0.25, 0.3) is 5.91 Å². The highest BCUT2D eigenvalue weighted by atomic mass is 16.3. The molecule has 1 amide bonds. The Kier molecular flexibility index (Phi) is 3.13. The van der Waals surface area contributed by atoms with E-state index in [-0.39, 0.29) is 18.2 Å². The zero-order chi connectivity index (χ0) is 13.3. The molecule has 2 N–H and O–H groups in total. The third kappa shape index (κ3) is 2.90. The van der Waals surface area contributed by atoms with Crippen LogP contribution in [0.2, 0.25) is 0 Å². The van der Waals surface area contributed by atoms with Crippen LogP contribution in [-0.4, -0.2) is 23.2 Å². The number of aliphatic hydroxyl groups is 1. The monoisotopic (exact) mass is 247 g/mol. The standard InChI is InChI=1S/C14H17NO3/c1-9-4-5-11-10(6-9)7-12(18-11)13(16)15-8-14(2,3)17/h4-7,17H,8H2,1-3H3,(H,15,16). The van der Waals surface area contributed by atoms with Gasteiger partial charge in [0.1, 0.15) is 5.58 Å². The van der Waals surface area contributed by atoms with Crippen molar-refractivity contribution in [2.75, 3.05) is 6.54 Å². The largest absolute Gasteiger partial charge is 0.451 e. The molecule has 0 aliphatic rings. The van der Waals surface area contributed by atoms with Crippen molar-refractivity contribution in [2.45, 2.75) is 26.4 Å². The van der Waals surface area contributed by atoms with Crippen LogP contribution in [0.1, 0.15) is 30.0 Å². The van der Waals surface area contributed by atoms with Gasteiger partial charge in [-0.15, -0.1) is 0 Å². The second kappa shape index (κ2) is 4.46. The zero-order valence-corrected chi connectivity index (χ0v) is 10.8. The maximum Gasteiger partial charge on any atom is 0.287 e. The molecule has 0 unspecified atom stereocenters. The summed E-state index contributed by atoms with van der Waals surface area (Å²) in [5.74, 6) is -0.0502. The lowest BCUT2D eigenvalue weighted by molar-refractivity contribution is 0.0682. The van der Waals surface area contributed by atoms with Crippen LogP contribution in [0.25, 0.3) is 11.0 Å². The molecule has 0 aliphatic carbocycles. The highest BCUT2D eigenvalue weighted by Gasteiger charge is 2.17. The summed E-state index contributed by atoms with van der Waals surface area (Å²) in [7, 11) is 0. The van der Waals surface area contributed by atoms with Crippen LogP contribution in [0.5, 0.6) is 0 Å². The van der Waals surface area contributed by atoms with E-state index in [9.17, 15) is 9.90 Å². The molecule has 0 saturated heterocycles. The van der Waals surface area contributed by atoms with Gasteiger partial charge in [0.15, 0.2) is 5.76 Å². The van der Waals surface area contributed by atoms with Crippen molar-refractivity contribution in [3.8, 4) is 0 Å². The molecule has 18 heavy (non-hydrogen) atoms. The number of carbonyl (C=O) groups is 1. The molecule has 2 rings (SSSR count). The molecule has 0 aliphatic heterocycles. The quantitative estimate of drug-likeness (QED) is 0.874. The van der Waals surface area contributed by atoms with Crippen LogP contribution in [0.4, 0.5) is 0 Å². The predicted octanol–water partition coefficient (Wildman–Crippen LogP) is 2.24. The third-order valence-corrected chi connectivity index (χ3v) is 2.58. The van der Waals surface area contributed by atoms with Gasteiger partial charge >= 0.3 is 0 Å². The van der Waals surface area contributed by atoms with Crippen molar-refractivity contribution >= 4 is 16.9 Å². The van der Waals surface area contributed by atoms with Gasteiger partial charge in [-0.05, 0) is 39.0 Å². The Bertz CT molecular complexity index is 578. The molecule has 2 aromatic rings. The van der Waals surface area contributed by atoms with Crippen LogP contribution < -0.4 is 5.32 Å². The fourth-order valence-electron chi connectivity index (χ4n) is 1.66. The third-order valence-electron chi connectivity index (χ3n) is 2.58. The van der Waals surface area contributed by atoms with Gasteiger partial charge < -0.3 is 14.8 Å². The van der Waals surface area contributed by atoms with Gasteiger partial charge in [0, 0.05) is 11.9 Å². The Labute approximate surface area is 106 Å². The fraction of sp³-hybridized carbons (Fsp3) is 0.357. The summed E-state index contributed by atoms with van der Waals surface area (Å²) in [6.45, 7) is 5.44. The van der Waals surface area contributed by atoms with Crippen molar-refractivity contribution in [1.29, 1.82) is 0 Å². The van der Waals surface area contributed by atoms with E-state index >= 15 is 0 Å². The molecule has 0 radical (unpaired) electrons. The van der Waals surface area contributed by atoms with E-state index in [0.717, 1.165) is 10.9 Å². The molecule has 0 bridgehead atoms. The molecule has 1 aromatic carbocycles. The van der Waals surface area contributed by atoms with Crippen molar-refractivity contribution in [1.82, 2.24) is 5.32 Å². The Morgan fingerprint density at radius 1 is 1.39 bits per heavy atom. The van der Waals surface area contributed by atoms with Gasteiger partial charge in [-0.3, -0.25) is 4.79 Å². The average Bonchev–Trinajstić information content (AvgIpc) is 2.67. The lowest BCUT2D eigenvalue weighted by Crippen LogP contribution is -2.38. The number of amides is 1. The number of benzene rings is 1. The molecular formula is C14H17NO3. The second-order valence-electron chi connectivity index (χ2n) is 5.15. The molecule has 0 atom stereocenters. The lowest BCUT2D eigenvalue weighted by Gasteiger charge is -2.16. The van der Waals surface area contributed by atoms with E-state index in [1.165, 1.54) is 0 Å². The van der Waals surface area contributed by atoms with E-state index in [0.29, 0.717) is 5.58 Å². The minimum Gasteiger partial charge on any atom is -0.451 e. The molecule has 1 aromatic heterocycles. The first-order chi connectivity index (χ1) is 8.35. The fourth-order valence-corrected chi connectivity index (χ4v) is 1.66. The van der Waals surface area contributed by atoms with Crippen molar-refractivity contribution < 1.29 is 14.3 Å². The topological polar surface area (TPSA) is 62.5 Å². The van der Waals surface area contributed by atoms with Crippen molar-refractivity contribution in [3.63, 3.8) is 0 Å². The number of fused-ring (bicyclic) bond motifs is 1. The van der Waals surface area contributed by atoms with E-state index in [1.807, 2.05) is 25.1 Å². The number of rotatable bonds is 3. The van der Waals surface area contributed by atoms with Gasteiger partial charge in [0.05, 0.1) is 5.60 Å². The summed E-state index contributed by atoms with van der Waals surface area (Å²) in [5.41, 5.74) is 0.874. The van der Waals surface area contributed by atoms with Crippen LogP contribution in [0, 0.1) is 6.92 Å². The number of nitrogens with one attached hydrogen (secondary N) is 1. The Morgan fingerprint density at radius 2 is 2.11 bits per heavy atom. The number of hydrogen-bond acceptors (Lipinski definition) is 3. The summed E-state index contributed by atoms with van der Waals surface area (Å²) >= 11 is 0. The number of furan rings is 1. The maximum absolute atomic E-state index is 11.8. The first-order valence-corrected chi connectivity index (χ1v) is 5.86. The zero-order valence-electron chi connectivity index (χ0n) is 10.8. The van der Waals surface area contributed by atoms with E-state index in [4.69, 9.17) is 4.42 Å². The normalized spacial score (nSPS) is 11.8. The minimum absolute atomic E-state index is 0.182. The summed E-state index contributed by atoms with van der Waals surface area (Å²) in [5, 5.41) is 13.1. The van der Waals surface area contributed by atoms with Crippen molar-refractivity contribution in [3.05, 3.63) is 35.6 Å². The van der Waals surface area contributed by atoms with Gasteiger partial charge in [0.2, 0.25) is 0 Å². The van der Waals surface area contributed by atoms with E-state index in [1.54, 1.807) is 19.9 Å². The van der Waals surface area contributed by atoms with Crippen LogP contribution >= 0.6 is 0 Å². The molecule has 4 heteroatoms. The molecular weight excluding hydrogens is 230 g/mol. The summed E-state index contributed by atoms with van der Waals surface area (Å²) < 4.78 is 5.46. The molecule has 0 saturated carbocycles. The Hall–Kier alpha value is -1.81. The highest BCUT2D eigenvalue weighted by Crippen LogP contribution is 2.20. The summed E-state index contributed by atoms with van der Waals surface area (Å²) in [6, 6.07) is 7.45. The van der Waals surface area contributed by atoms with Gasteiger partial charge in [-0.1, -0.05) is 11.6 Å². The summed E-state index contributed by atoms with van der Waals surface area (Å²) in [4.78, 5) is 11.8. The first kappa shape index (κ1) is 12.6. The van der Waals surface area contributed by atoms with Crippen molar-refractivity contribution in [2.24, 2.45) is 0 Å². The van der Waals surface area contributed by atoms with Crippen LogP contribution in [0.15, 0.2) is 28.7 Å². The molecule has 96 valence electrons. The second-order valence-corrected chi connectivity index (χ2v) is 5.15. The van der Waals surface area contributed by atoms with Gasteiger partial charge in [-0.25, -0.2) is 0 Å².